The summed E-state index contributed by atoms with van der Waals surface area (Å²) >= 11 is 0. The molecule has 0 aromatic rings. The molecule has 1 saturated heterocycles. The van der Waals surface area contributed by atoms with E-state index >= 15 is 0 Å². The van der Waals surface area contributed by atoms with Crippen molar-refractivity contribution < 1.29 is 5.11 Å². The van der Waals surface area contributed by atoms with Gasteiger partial charge in [-0.1, -0.05) is 0 Å². The molecule has 1 aliphatic rings. The molecule has 0 amide bonds. The molecule has 0 aromatic carbocycles. The lowest BCUT2D eigenvalue weighted by atomic mass is 10.0. The van der Waals surface area contributed by atoms with Gasteiger partial charge in [0.25, 0.3) is 0 Å². The van der Waals surface area contributed by atoms with Crippen LogP contribution in [0.1, 0.15) is 34.1 Å². The van der Waals surface area contributed by atoms with E-state index in [1.54, 1.807) is 0 Å². The van der Waals surface area contributed by atoms with Crippen LogP contribution in [0.25, 0.3) is 0 Å². The summed E-state index contributed by atoms with van der Waals surface area (Å²) in [6, 6.07) is 1.09. The third kappa shape index (κ3) is 1.94. The molecular formula is C9H19NO. The standard InChI is InChI=1S/C9H19NO/c1-7(2)10-6-9(4,11)5-8(10)3/h7-8,11H,5-6H2,1-4H3. The Bertz CT molecular complexity index is 142. The van der Waals surface area contributed by atoms with Crippen LogP contribution in [0, 0.1) is 0 Å². The minimum absolute atomic E-state index is 0.455. The van der Waals surface area contributed by atoms with Gasteiger partial charge in [0.1, 0.15) is 0 Å². The molecule has 2 heteroatoms. The van der Waals surface area contributed by atoms with E-state index < -0.39 is 5.60 Å². The van der Waals surface area contributed by atoms with E-state index in [9.17, 15) is 5.11 Å². The van der Waals surface area contributed by atoms with Crippen molar-refractivity contribution in [3.05, 3.63) is 0 Å². The Morgan fingerprint density at radius 3 is 2.27 bits per heavy atom. The molecule has 0 bridgehead atoms. The highest BCUT2D eigenvalue weighted by Crippen LogP contribution is 2.27. The Hall–Kier alpha value is -0.0800. The summed E-state index contributed by atoms with van der Waals surface area (Å²) in [5, 5.41) is 9.74. The van der Waals surface area contributed by atoms with Crippen LogP contribution in [-0.2, 0) is 0 Å². The van der Waals surface area contributed by atoms with Gasteiger partial charge in [-0.15, -0.1) is 0 Å². The fraction of sp³-hybridized carbons (Fsp3) is 1.00. The Labute approximate surface area is 69.2 Å². The summed E-state index contributed by atoms with van der Waals surface area (Å²) in [5.41, 5.74) is -0.455. The number of aliphatic hydroxyl groups is 1. The van der Waals surface area contributed by atoms with Crippen LogP contribution in [0.5, 0.6) is 0 Å². The number of rotatable bonds is 1. The Kier molecular flexibility index (Phi) is 2.26. The van der Waals surface area contributed by atoms with Gasteiger partial charge in [0.15, 0.2) is 0 Å². The Morgan fingerprint density at radius 2 is 2.09 bits per heavy atom. The molecule has 0 radical (unpaired) electrons. The van der Waals surface area contributed by atoms with Gasteiger partial charge in [0, 0.05) is 18.6 Å². The van der Waals surface area contributed by atoms with Gasteiger partial charge in [-0.3, -0.25) is 4.90 Å². The molecule has 0 saturated carbocycles. The summed E-state index contributed by atoms with van der Waals surface area (Å²) in [4.78, 5) is 2.35. The minimum atomic E-state index is -0.455. The first-order valence-electron chi connectivity index (χ1n) is 4.40. The van der Waals surface area contributed by atoms with E-state index in [-0.39, 0.29) is 0 Å². The average molecular weight is 157 g/mol. The first kappa shape index (κ1) is 9.01. The molecule has 1 fully saturated rings. The maximum absolute atomic E-state index is 9.74. The maximum atomic E-state index is 9.74. The Morgan fingerprint density at radius 1 is 1.55 bits per heavy atom. The first-order chi connectivity index (χ1) is 4.92. The number of β-amino-alcohol motifs (C(OH)–C–C–N with tert-alkyl or cyclic N) is 1. The summed E-state index contributed by atoms with van der Waals surface area (Å²) < 4.78 is 0. The predicted molar refractivity (Wildman–Crippen MR) is 46.5 cm³/mol. The van der Waals surface area contributed by atoms with E-state index in [1.807, 2.05) is 6.92 Å². The summed E-state index contributed by atoms with van der Waals surface area (Å²) in [6.45, 7) is 9.29. The van der Waals surface area contributed by atoms with Crippen LogP contribution in [0.2, 0.25) is 0 Å². The fourth-order valence-electron chi connectivity index (χ4n) is 2.06. The maximum Gasteiger partial charge on any atom is 0.0761 e. The van der Waals surface area contributed by atoms with Gasteiger partial charge in [0.2, 0.25) is 0 Å². The van der Waals surface area contributed by atoms with Gasteiger partial charge in [-0.05, 0) is 34.1 Å². The van der Waals surface area contributed by atoms with Crippen LogP contribution < -0.4 is 0 Å². The number of hydrogen-bond donors (Lipinski definition) is 1. The second-order valence-corrected chi connectivity index (χ2v) is 4.32. The molecule has 66 valence electrons. The Balaban J connectivity index is 2.59. The van der Waals surface area contributed by atoms with Gasteiger partial charge in [0.05, 0.1) is 5.60 Å². The monoisotopic (exact) mass is 157 g/mol. The zero-order chi connectivity index (χ0) is 8.65. The normalized spacial score (nSPS) is 40.4. The lowest BCUT2D eigenvalue weighted by molar-refractivity contribution is 0.0645. The van der Waals surface area contributed by atoms with Crippen molar-refractivity contribution in [2.75, 3.05) is 6.54 Å². The van der Waals surface area contributed by atoms with Crippen molar-refractivity contribution in [2.45, 2.75) is 51.8 Å². The lowest BCUT2D eigenvalue weighted by Gasteiger charge is -2.25. The third-order valence-corrected chi connectivity index (χ3v) is 2.49. The van der Waals surface area contributed by atoms with Crippen molar-refractivity contribution in [3.63, 3.8) is 0 Å². The van der Waals surface area contributed by atoms with Crippen LogP contribution in [0.15, 0.2) is 0 Å². The van der Waals surface area contributed by atoms with Crippen molar-refractivity contribution in [1.29, 1.82) is 0 Å². The average Bonchev–Trinajstić information content (AvgIpc) is 2.05. The molecule has 0 spiro atoms. The summed E-state index contributed by atoms with van der Waals surface area (Å²) in [5.74, 6) is 0. The molecule has 2 nitrogen and oxygen atoms in total. The SMILES string of the molecule is CC(C)N1CC(C)(O)CC1C. The highest BCUT2D eigenvalue weighted by Gasteiger charge is 2.37. The lowest BCUT2D eigenvalue weighted by Crippen LogP contribution is -2.36. The van der Waals surface area contributed by atoms with E-state index in [0.717, 1.165) is 13.0 Å². The van der Waals surface area contributed by atoms with Crippen LogP contribution in [-0.4, -0.2) is 34.2 Å². The molecule has 1 rings (SSSR count). The molecule has 2 atom stereocenters. The smallest absolute Gasteiger partial charge is 0.0761 e. The minimum Gasteiger partial charge on any atom is -0.389 e. The zero-order valence-corrected chi connectivity index (χ0v) is 7.96. The number of hydrogen-bond acceptors (Lipinski definition) is 2. The van der Waals surface area contributed by atoms with E-state index in [4.69, 9.17) is 0 Å². The second-order valence-electron chi connectivity index (χ2n) is 4.32. The van der Waals surface area contributed by atoms with E-state index in [2.05, 4.69) is 25.7 Å². The van der Waals surface area contributed by atoms with Crippen LogP contribution in [0.3, 0.4) is 0 Å². The molecule has 2 unspecified atom stereocenters. The number of likely N-dealkylation sites (tertiary alicyclic amines) is 1. The summed E-state index contributed by atoms with van der Waals surface area (Å²) in [6.07, 6.45) is 0.908. The second kappa shape index (κ2) is 2.76. The highest BCUT2D eigenvalue weighted by atomic mass is 16.3. The van der Waals surface area contributed by atoms with Gasteiger partial charge >= 0.3 is 0 Å². The predicted octanol–water partition coefficient (Wildman–Crippen LogP) is 1.24. The van der Waals surface area contributed by atoms with Crippen LogP contribution in [0.4, 0.5) is 0 Å². The zero-order valence-electron chi connectivity index (χ0n) is 7.96. The molecule has 1 heterocycles. The molecule has 1 N–H and O–H groups in total. The van der Waals surface area contributed by atoms with Crippen molar-refractivity contribution >= 4 is 0 Å². The molecular weight excluding hydrogens is 138 g/mol. The van der Waals surface area contributed by atoms with Crippen molar-refractivity contribution in [1.82, 2.24) is 4.90 Å². The summed E-state index contributed by atoms with van der Waals surface area (Å²) in [7, 11) is 0. The third-order valence-electron chi connectivity index (χ3n) is 2.49. The fourth-order valence-corrected chi connectivity index (χ4v) is 2.06. The molecule has 11 heavy (non-hydrogen) atoms. The van der Waals surface area contributed by atoms with E-state index in [1.165, 1.54) is 0 Å². The van der Waals surface area contributed by atoms with Crippen molar-refractivity contribution in [2.24, 2.45) is 0 Å². The molecule has 0 aliphatic carbocycles. The first-order valence-corrected chi connectivity index (χ1v) is 4.40. The largest absolute Gasteiger partial charge is 0.389 e. The topological polar surface area (TPSA) is 23.5 Å². The van der Waals surface area contributed by atoms with Crippen LogP contribution >= 0.6 is 0 Å². The van der Waals surface area contributed by atoms with Gasteiger partial charge < -0.3 is 5.11 Å². The number of nitrogens with zero attached hydrogens (tertiary/aromatic N) is 1. The molecule has 0 aromatic heterocycles. The van der Waals surface area contributed by atoms with E-state index in [0.29, 0.717) is 12.1 Å². The van der Waals surface area contributed by atoms with Crippen molar-refractivity contribution in [3.8, 4) is 0 Å². The van der Waals surface area contributed by atoms with Gasteiger partial charge in [-0.25, -0.2) is 0 Å². The molecule has 1 aliphatic heterocycles. The highest BCUT2D eigenvalue weighted by molar-refractivity contribution is 4.92. The van der Waals surface area contributed by atoms with Gasteiger partial charge in [-0.2, -0.15) is 0 Å². The quantitative estimate of drug-likeness (QED) is 0.619.